The SMILES string of the molecule is CC(C)N(C(=O)COC(=O)c1ccccc1SC[C@@]1(C)NC(=O)NC1=O)C(C)C. The summed E-state index contributed by atoms with van der Waals surface area (Å²) in [4.78, 5) is 50.6. The van der Waals surface area contributed by atoms with Crippen molar-refractivity contribution in [2.24, 2.45) is 0 Å². The summed E-state index contributed by atoms with van der Waals surface area (Å²) in [6.07, 6.45) is 0. The summed E-state index contributed by atoms with van der Waals surface area (Å²) in [6.45, 7) is 8.90. The molecule has 1 fully saturated rings. The largest absolute Gasteiger partial charge is 0.452 e. The van der Waals surface area contributed by atoms with Crippen molar-refractivity contribution in [3.05, 3.63) is 29.8 Å². The number of carbonyl (C=O) groups is 4. The molecular weight excluding hydrogens is 394 g/mol. The quantitative estimate of drug-likeness (QED) is 0.379. The molecule has 8 nitrogen and oxygen atoms in total. The maximum Gasteiger partial charge on any atom is 0.339 e. The first-order valence-electron chi connectivity index (χ1n) is 9.39. The molecule has 2 rings (SSSR count). The van der Waals surface area contributed by atoms with Gasteiger partial charge in [0.15, 0.2) is 6.61 Å². The van der Waals surface area contributed by atoms with Crippen molar-refractivity contribution in [3.63, 3.8) is 0 Å². The smallest absolute Gasteiger partial charge is 0.339 e. The molecule has 1 heterocycles. The Hall–Kier alpha value is -2.55. The molecule has 0 unspecified atom stereocenters. The number of rotatable bonds is 8. The van der Waals surface area contributed by atoms with Gasteiger partial charge in [0.25, 0.3) is 11.8 Å². The molecule has 158 valence electrons. The first kappa shape index (κ1) is 22.7. The van der Waals surface area contributed by atoms with Gasteiger partial charge in [0, 0.05) is 22.7 Å². The lowest BCUT2D eigenvalue weighted by atomic mass is 10.1. The van der Waals surface area contributed by atoms with Crippen molar-refractivity contribution in [2.75, 3.05) is 12.4 Å². The van der Waals surface area contributed by atoms with E-state index in [1.807, 2.05) is 27.7 Å². The lowest BCUT2D eigenvalue weighted by molar-refractivity contribution is -0.138. The van der Waals surface area contributed by atoms with E-state index in [9.17, 15) is 19.2 Å². The van der Waals surface area contributed by atoms with Gasteiger partial charge in [-0.25, -0.2) is 9.59 Å². The van der Waals surface area contributed by atoms with Crippen LogP contribution in [0.1, 0.15) is 45.0 Å². The highest BCUT2D eigenvalue weighted by Gasteiger charge is 2.42. The number of esters is 1. The predicted octanol–water partition coefficient (Wildman–Crippen LogP) is 2.18. The van der Waals surface area contributed by atoms with E-state index in [1.165, 1.54) is 11.8 Å². The van der Waals surface area contributed by atoms with Gasteiger partial charge in [-0.1, -0.05) is 12.1 Å². The van der Waals surface area contributed by atoms with Crippen LogP contribution in [0.15, 0.2) is 29.2 Å². The fraction of sp³-hybridized carbons (Fsp3) is 0.500. The number of urea groups is 1. The van der Waals surface area contributed by atoms with E-state index in [0.29, 0.717) is 10.5 Å². The average molecular weight is 422 g/mol. The zero-order valence-electron chi connectivity index (χ0n) is 17.3. The molecule has 9 heteroatoms. The minimum absolute atomic E-state index is 0.00226. The fourth-order valence-electron chi connectivity index (χ4n) is 3.12. The van der Waals surface area contributed by atoms with E-state index in [0.717, 1.165) is 0 Å². The van der Waals surface area contributed by atoms with Crippen LogP contribution in [0.5, 0.6) is 0 Å². The Kier molecular flexibility index (Phi) is 7.29. The third-order valence-corrected chi connectivity index (χ3v) is 5.86. The van der Waals surface area contributed by atoms with E-state index < -0.39 is 23.4 Å². The molecule has 1 atom stereocenters. The van der Waals surface area contributed by atoms with Crippen molar-refractivity contribution in [2.45, 2.75) is 57.1 Å². The Bertz CT molecular complexity index is 803. The second-order valence-electron chi connectivity index (χ2n) is 7.59. The van der Waals surface area contributed by atoms with Crippen LogP contribution in [-0.4, -0.2) is 58.7 Å². The van der Waals surface area contributed by atoms with Crippen molar-refractivity contribution in [1.82, 2.24) is 15.5 Å². The topological polar surface area (TPSA) is 105 Å². The Morgan fingerprint density at radius 1 is 1.14 bits per heavy atom. The molecule has 4 amide bonds. The molecule has 0 aliphatic carbocycles. The second-order valence-corrected chi connectivity index (χ2v) is 8.61. The lowest BCUT2D eigenvalue weighted by Crippen LogP contribution is -2.46. The van der Waals surface area contributed by atoms with Gasteiger partial charge in [-0.15, -0.1) is 11.8 Å². The molecule has 1 saturated heterocycles. The van der Waals surface area contributed by atoms with Crippen LogP contribution in [0, 0.1) is 0 Å². The molecule has 1 aliphatic heterocycles. The molecule has 1 aliphatic rings. The van der Waals surface area contributed by atoms with Crippen LogP contribution in [0.4, 0.5) is 4.79 Å². The summed E-state index contributed by atoms with van der Waals surface area (Å²) in [5, 5.41) is 4.79. The Labute approximate surface area is 174 Å². The summed E-state index contributed by atoms with van der Waals surface area (Å²) in [7, 11) is 0. The Morgan fingerprint density at radius 3 is 2.31 bits per heavy atom. The van der Waals surface area contributed by atoms with Crippen LogP contribution in [0.3, 0.4) is 0 Å². The van der Waals surface area contributed by atoms with Gasteiger partial charge in [-0.2, -0.15) is 0 Å². The number of carbonyl (C=O) groups excluding carboxylic acids is 4. The first-order valence-corrected chi connectivity index (χ1v) is 10.4. The van der Waals surface area contributed by atoms with Gasteiger partial charge in [-0.05, 0) is 46.8 Å². The highest BCUT2D eigenvalue weighted by atomic mass is 32.2. The van der Waals surface area contributed by atoms with Gasteiger partial charge < -0.3 is 15.0 Å². The maximum absolute atomic E-state index is 12.6. The number of imide groups is 1. The number of hydrogen-bond acceptors (Lipinski definition) is 6. The van der Waals surface area contributed by atoms with Crippen molar-refractivity contribution in [3.8, 4) is 0 Å². The summed E-state index contributed by atoms with van der Waals surface area (Å²) >= 11 is 1.26. The molecule has 0 bridgehead atoms. The van der Waals surface area contributed by atoms with Crippen LogP contribution in [0.25, 0.3) is 0 Å². The summed E-state index contributed by atoms with van der Waals surface area (Å²) in [6, 6.07) is 6.25. The number of ether oxygens (including phenoxy) is 1. The lowest BCUT2D eigenvalue weighted by Gasteiger charge is -2.30. The van der Waals surface area contributed by atoms with E-state index in [4.69, 9.17) is 4.74 Å². The number of benzene rings is 1. The monoisotopic (exact) mass is 421 g/mol. The minimum Gasteiger partial charge on any atom is -0.452 e. The standard InChI is InChI=1S/C20H27N3O5S/c1-12(2)23(13(3)4)16(24)10-28-17(25)14-8-6-7-9-15(14)29-11-20(5)18(26)21-19(27)22-20/h6-9,12-13H,10-11H2,1-5H3,(H2,21,22,26,27)/t20-/m1/s1. The summed E-state index contributed by atoms with van der Waals surface area (Å²) in [5.74, 6) is -1.05. The molecule has 1 aromatic rings. The van der Waals surface area contributed by atoms with Gasteiger partial charge >= 0.3 is 12.0 Å². The Balaban J connectivity index is 2.04. The molecule has 0 aromatic heterocycles. The molecule has 0 spiro atoms. The summed E-state index contributed by atoms with van der Waals surface area (Å²) in [5.41, 5.74) is -0.761. The summed E-state index contributed by atoms with van der Waals surface area (Å²) < 4.78 is 5.25. The number of nitrogens with one attached hydrogen (secondary N) is 2. The van der Waals surface area contributed by atoms with Crippen LogP contribution in [0.2, 0.25) is 0 Å². The van der Waals surface area contributed by atoms with Gasteiger partial charge in [-0.3, -0.25) is 14.9 Å². The fourth-order valence-corrected chi connectivity index (χ4v) is 4.25. The molecule has 2 N–H and O–H groups in total. The number of nitrogens with zero attached hydrogens (tertiary/aromatic N) is 1. The van der Waals surface area contributed by atoms with E-state index in [-0.39, 0.29) is 30.4 Å². The molecule has 29 heavy (non-hydrogen) atoms. The molecule has 0 radical (unpaired) electrons. The van der Waals surface area contributed by atoms with E-state index in [1.54, 1.807) is 36.1 Å². The van der Waals surface area contributed by atoms with Gasteiger partial charge in [0.05, 0.1) is 5.56 Å². The molecular formula is C20H27N3O5S. The first-order chi connectivity index (χ1) is 13.5. The van der Waals surface area contributed by atoms with Crippen molar-refractivity contribution < 1.29 is 23.9 Å². The van der Waals surface area contributed by atoms with E-state index >= 15 is 0 Å². The number of thioether (sulfide) groups is 1. The zero-order valence-corrected chi connectivity index (χ0v) is 18.1. The minimum atomic E-state index is -1.07. The number of amides is 4. The highest BCUT2D eigenvalue weighted by Crippen LogP contribution is 2.28. The Morgan fingerprint density at radius 2 is 1.76 bits per heavy atom. The highest BCUT2D eigenvalue weighted by molar-refractivity contribution is 7.99. The third-order valence-electron chi connectivity index (χ3n) is 4.47. The van der Waals surface area contributed by atoms with E-state index in [2.05, 4.69) is 10.6 Å². The average Bonchev–Trinajstić information content (AvgIpc) is 2.89. The van der Waals surface area contributed by atoms with Crippen molar-refractivity contribution >= 4 is 35.6 Å². The predicted molar refractivity (Wildman–Crippen MR) is 110 cm³/mol. The van der Waals surface area contributed by atoms with Crippen molar-refractivity contribution in [1.29, 1.82) is 0 Å². The normalized spacial score (nSPS) is 18.6. The van der Waals surface area contributed by atoms with Crippen LogP contribution in [-0.2, 0) is 14.3 Å². The zero-order chi connectivity index (χ0) is 21.8. The van der Waals surface area contributed by atoms with Crippen LogP contribution < -0.4 is 10.6 Å². The van der Waals surface area contributed by atoms with Gasteiger partial charge in [0.1, 0.15) is 5.54 Å². The maximum atomic E-state index is 12.6. The van der Waals surface area contributed by atoms with Crippen LogP contribution >= 0.6 is 11.8 Å². The third kappa shape index (κ3) is 5.50. The van der Waals surface area contributed by atoms with Gasteiger partial charge in [0.2, 0.25) is 0 Å². The number of hydrogen-bond donors (Lipinski definition) is 2. The second kappa shape index (κ2) is 9.30. The molecule has 1 aromatic carbocycles. The molecule has 0 saturated carbocycles.